The third-order valence-corrected chi connectivity index (χ3v) is 3.07. The standard InChI is InChI=1S/C15H18N2O2.2BrH/c1-4-19-15(18)17-11(2)8-14(9-12(17)3)13-6-5-7-16-10-13;;/h5-10,14H,4H2,1-3H3;2*1H. The third kappa shape index (κ3) is 4.68. The van der Waals surface area contributed by atoms with E-state index < -0.39 is 0 Å². The molecule has 0 bridgehead atoms. The van der Waals surface area contributed by atoms with Crippen LogP contribution < -0.4 is 0 Å². The number of rotatable bonds is 2. The van der Waals surface area contributed by atoms with Gasteiger partial charge in [0, 0.05) is 29.7 Å². The van der Waals surface area contributed by atoms with Crippen molar-refractivity contribution < 1.29 is 9.53 Å². The van der Waals surface area contributed by atoms with E-state index >= 15 is 0 Å². The van der Waals surface area contributed by atoms with Gasteiger partial charge in [0.15, 0.2) is 0 Å². The molecule has 0 aliphatic carbocycles. The lowest BCUT2D eigenvalue weighted by atomic mass is 9.95. The van der Waals surface area contributed by atoms with Crippen molar-refractivity contribution in [1.29, 1.82) is 0 Å². The molecular weight excluding hydrogens is 400 g/mol. The number of hydrogen-bond donors (Lipinski definition) is 0. The van der Waals surface area contributed by atoms with Gasteiger partial charge in [0.2, 0.25) is 0 Å². The minimum absolute atomic E-state index is 0. The first-order chi connectivity index (χ1) is 9.13. The average Bonchev–Trinajstić information content (AvgIpc) is 2.39. The number of aromatic nitrogens is 1. The molecule has 0 radical (unpaired) electrons. The number of halogens is 2. The minimum Gasteiger partial charge on any atom is -0.449 e. The van der Waals surface area contributed by atoms with Gasteiger partial charge in [0.05, 0.1) is 6.61 Å². The fourth-order valence-corrected chi connectivity index (χ4v) is 2.24. The summed E-state index contributed by atoms with van der Waals surface area (Å²) in [5, 5.41) is 0. The van der Waals surface area contributed by atoms with Crippen LogP contribution in [0.2, 0.25) is 0 Å². The molecule has 2 rings (SSSR count). The quantitative estimate of drug-likeness (QED) is 0.703. The predicted octanol–water partition coefficient (Wildman–Crippen LogP) is 4.60. The van der Waals surface area contributed by atoms with Gasteiger partial charge < -0.3 is 4.74 Å². The van der Waals surface area contributed by atoms with Gasteiger partial charge in [0.1, 0.15) is 0 Å². The molecule has 0 spiro atoms. The molecule has 1 aliphatic heterocycles. The average molecular weight is 420 g/mol. The van der Waals surface area contributed by atoms with Crippen molar-refractivity contribution in [1.82, 2.24) is 9.88 Å². The van der Waals surface area contributed by atoms with Crippen molar-refractivity contribution in [3.63, 3.8) is 0 Å². The van der Waals surface area contributed by atoms with E-state index in [0.29, 0.717) is 6.61 Å². The summed E-state index contributed by atoms with van der Waals surface area (Å²) in [6, 6.07) is 3.95. The van der Waals surface area contributed by atoms with Crippen molar-refractivity contribution in [3.05, 3.63) is 53.6 Å². The molecule has 1 amide bonds. The lowest BCUT2D eigenvalue weighted by Crippen LogP contribution is -2.30. The van der Waals surface area contributed by atoms with Crippen molar-refractivity contribution in [3.8, 4) is 0 Å². The summed E-state index contributed by atoms with van der Waals surface area (Å²) in [7, 11) is 0. The topological polar surface area (TPSA) is 42.4 Å². The van der Waals surface area contributed by atoms with E-state index in [1.807, 2.05) is 44.3 Å². The Hall–Kier alpha value is -1.14. The van der Waals surface area contributed by atoms with Crippen LogP contribution in [0, 0.1) is 0 Å². The smallest absolute Gasteiger partial charge is 0.418 e. The molecule has 2 heterocycles. The maximum Gasteiger partial charge on any atom is 0.418 e. The van der Waals surface area contributed by atoms with Crippen LogP contribution in [0.25, 0.3) is 0 Å². The van der Waals surface area contributed by atoms with E-state index in [4.69, 9.17) is 4.74 Å². The molecule has 1 aliphatic rings. The monoisotopic (exact) mass is 418 g/mol. The Kier molecular flexibility index (Phi) is 8.51. The Morgan fingerprint density at radius 2 is 1.90 bits per heavy atom. The van der Waals surface area contributed by atoms with Crippen LogP contribution in [0.3, 0.4) is 0 Å². The molecule has 1 aromatic rings. The summed E-state index contributed by atoms with van der Waals surface area (Å²) in [4.78, 5) is 17.6. The first-order valence-electron chi connectivity index (χ1n) is 6.37. The molecule has 21 heavy (non-hydrogen) atoms. The van der Waals surface area contributed by atoms with Crippen molar-refractivity contribution >= 4 is 40.1 Å². The fourth-order valence-electron chi connectivity index (χ4n) is 2.24. The number of carbonyl (C=O) groups excluding carboxylic acids is 1. The molecule has 116 valence electrons. The van der Waals surface area contributed by atoms with Gasteiger partial charge in [-0.1, -0.05) is 18.2 Å². The van der Waals surface area contributed by atoms with Crippen LogP contribution in [0.1, 0.15) is 32.3 Å². The van der Waals surface area contributed by atoms with Crippen molar-refractivity contribution in [2.45, 2.75) is 26.7 Å². The number of amides is 1. The van der Waals surface area contributed by atoms with Gasteiger partial charge >= 0.3 is 6.09 Å². The minimum atomic E-state index is -0.324. The highest BCUT2D eigenvalue weighted by atomic mass is 79.9. The Balaban J connectivity index is 0.00000200. The number of ether oxygens (including phenoxy) is 1. The lowest BCUT2D eigenvalue weighted by molar-refractivity contribution is 0.127. The number of nitrogens with zero attached hydrogens (tertiary/aromatic N) is 2. The van der Waals surface area contributed by atoms with Gasteiger partial charge in [-0.25, -0.2) is 4.79 Å². The number of pyridine rings is 1. The largest absolute Gasteiger partial charge is 0.449 e. The van der Waals surface area contributed by atoms with E-state index in [9.17, 15) is 4.79 Å². The Morgan fingerprint density at radius 3 is 2.38 bits per heavy atom. The summed E-state index contributed by atoms with van der Waals surface area (Å²) in [5.41, 5.74) is 2.88. The second-order valence-electron chi connectivity index (χ2n) is 4.46. The Labute approximate surface area is 146 Å². The van der Waals surface area contributed by atoms with Crippen LogP contribution in [0.15, 0.2) is 48.1 Å². The Bertz CT molecular complexity index is 510. The molecular formula is C15H20Br2N2O2. The fraction of sp³-hybridized carbons (Fsp3) is 0.333. The number of allylic oxidation sites excluding steroid dienone is 4. The third-order valence-electron chi connectivity index (χ3n) is 3.07. The SMILES string of the molecule is Br.Br.CCOC(=O)N1C(C)=CC(c2cccnc2)C=C1C. The molecule has 4 nitrogen and oxygen atoms in total. The summed E-state index contributed by atoms with van der Waals surface area (Å²) in [5.74, 6) is 0.152. The molecule has 0 saturated carbocycles. The maximum absolute atomic E-state index is 11.9. The van der Waals surface area contributed by atoms with E-state index in [-0.39, 0.29) is 46.0 Å². The number of carbonyl (C=O) groups is 1. The zero-order valence-electron chi connectivity index (χ0n) is 12.3. The van der Waals surface area contributed by atoms with Gasteiger partial charge in [-0.2, -0.15) is 0 Å². The zero-order valence-corrected chi connectivity index (χ0v) is 15.7. The predicted molar refractivity (Wildman–Crippen MR) is 94.0 cm³/mol. The van der Waals surface area contributed by atoms with E-state index in [1.165, 1.54) is 0 Å². The summed E-state index contributed by atoms with van der Waals surface area (Å²) in [6.07, 6.45) is 7.36. The highest BCUT2D eigenvalue weighted by molar-refractivity contribution is 8.93. The summed E-state index contributed by atoms with van der Waals surface area (Å²) < 4.78 is 5.06. The molecule has 0 N–H and O–H groups in total. The maximum atomic E-state index is 11.9. The second-order valence-corrected chi connectivity index (χ2v) is 4.46. The van der Waals surface area contributed by atoms with Gasteiger partial charge in [-0.15, -0.1) is 34.0 Å². The zero-order chi connectivity index (χ0) is 13.8. The summed E-state index contributed by atoms with van der Waals surface area (Å²) in [6.45, 7) is 6.01. The van der Waals surface area contributed by atoms with Crippen LogP contribution in [0.5, 0.6) is 0 Å². The summed E-state index contributed by atoms with van der Waals surface area (Å²) >= 11 is 0. The second kappa shape index (κ2) is 9.00. The first kappa shape index (κ1) is 19.9. The van der Waals surface area contributed by atoms with Crippen LogP contribution in [-0.4, -0.2) is 22.6 Å². The van der Waals surface area contributed by atoms with E-state index in [2.05, 4.69) is 4.98 Å². The molecule has 0 fully saturated rings. The Morgan fingerprint density at radius 1 is 1.29 bits per heavy atom. The molecule has 0 atom stereocenters. The van der Waals surface area contributed by atoms with Gasteiger partial charge in [0.25, 0.3) is 0 Å². The van der Waals surface area contributed by atoms with Crippen molar-refractivity contribution in [2.24, 2.45) is 0 Å². The molecule has 0 saturated heterocycles. The van der Waals surface area contributed by atoms with Crippen molar-refractivity contribution in [2.75, 3.05) is 6.61 Å². The van der Waals surface area contributed by atoms with Crippen LogP contribution in [-0.2, 0) is 4.74 Å². The van der Waals surface area contributed by atoms with E-state index in [1.54, 1.807) is 18.0 Å². The highest BCUT2D eigenvalue weighted by Crippen LogP contribution is 2.29. The molecule has 6 heteroatoms. The molecule has 0 aromatic carbocycles. The van der Waals surface area contributed by atoms with Crippen LogP contribution in [0.4, 0.5) is 4.79 Å². The molecule has 1 aromatic heterocycles. The first-order valence-corrected chi connectivity index (χ1v) is 6.37. The van der Waals surface area contributed by atoms with Crippen LogP contribution >= 0.6 is 34.0 Å². The lowest BCUT2D eigenvalue weighted by Gasteiger charge is -2.29. The van der Waals surface area contributed by atoms with Gasteiger partial charge in [-0.3, -0.25) is 9.88 Å². The number of hydrogen-bond acceptors (Lipinski definition) is 3. The highest BCUT2D eigenvalue weighted by Gasteiger charge is 2.24. The molecule has 0 unspecified atom stereocenters. The van der Waals surface area contributed by atoms with E-state index in [0.717, 1.165) is 17.0 Å². The normalized spacial score (nSPS) is 14.3. The van der Waals surface area contributed by atoms with Gasteiger partial charge in [-0.05, 0) is 32.4 Å².